The topological polar surface area (TPSA) is 63.8 Å². The van der Waals surface area contributed by atoms with Crippen LogP contribution in [-0.2, 0) is 0 Å². The highest BCUT2D eigenvalue weighted by Gasteiger charge is 2.32. The standard InChI is InChI=1S/C15H26N4/c1-5-11-6-7-12(10(11)4)19-15-13(9(2)3)14(16)17-8-18-15/h8-12H,5-7H2,1-4H3,(H3,16,17,18,19). The zero-order valence-corrected chi connectivity index (χ0v) is 12.5. The Morgan fingerprint density at radius 3 is 2.68 bits per heavy atom. The largest absolute Gasteiger partial charge is 0.383 e. The highest BCUT2D eigenvalue weighted by molar-refractivity contribution is 5.57. The van der Waals surface area contributed by atoms with Crippen molar-refractivity contribution in [2.24, 2.45) is 11.8 Å². The van der Waals surface area contributed by atoms with Crippen LogP contribution in [0.2, 0.25) is 0 Å². The van der Waals surface area contributed by atoms with Crippen LogP contribution in [0.1, 0.15) is 58.4 Å². The molecule has 3 N–H and O–H groups in total. The second kappa shape index (κ2) is 5.76. The SMILES string of the molecule is CCC1CCC(Nc2ncnc(N)c2C(C)C)C1C. The maximum Gasteiger partial charge on any atom is 0.135 e. The number of nitrogens with two attached hydrogens (primary N) is 1. The van der Waals surface area contributed by atoms with E-state index in [2.05, 4.69) is 43.0 Å². The van der Waals surface area contributed by atoms with E-state index in [4.69, 9.17) is 5.73 Å². The van der Waals surface area contributed by atoms with Gasteiger partial charge in [0.05, 0.1) is 0 Å². The van der Waals surface area contributed by atoms with Crippen molar-refractivity contribution in [1.29, 1.82) is 0 Å². The van der Waals surface area contributed by atoms with Crippen LogP contribution in [0.5, 0.6) is 0 Å². The van der Waals surface area contributed by atoms with E-state index < -0.39 is 0 Å². The van der Waals surface area contributed by atoms with Gasteiger partial charge in [-0.3, -0.25) is 0 Å². The zero-order chi connectivity index (χ0) is 14.0. The first kappa shape index (κ1) is 14.1. The number of nitrogen functional groups attached to an aromatic ring is 1. The van der Waals surface area contributed by atoms with E-state index in [1.54, 1.807) is 6.33 Å². The molecule has 1 aliphatic rings. The first-order chi connectivity index (χ1) is 9.04. The maximum absolute atomic E-state index is 5.99. The number of nitrogens with one attached hydrogen (secondary N) is 1. The van der Waals surface area contributed by atoms with Gasteiger partial charge in [0.2, 0.25) is 0 Å². The summed E-state index contributed by atoms with van der Waals surface area (Å²) in [5, 5.41) is 3.61. The van der Waals surface area contributed by atoms with Crippen molar-refractivity contribution in [2.75, 3.05) is 11.1 Å². The summed E-state index contributed by atoms with van der Waals surface area (Å²) >= 11 is 0. The second-order valence-corrected chi connectivity index (χ2v) is 6.03. The molecule has 1 fully saturated rings. The molecule has 1 aliphatic carbocycles. The van der Waals surface area contributed by atoms with Gasteiger partial charge in [-0.1, -0.05) is 34.1 Å². The lowest BCUT2D eigenvalue weighted by Gasteiger charge is -2.23. The van der Waals surface area contributed by atoms with Crippen LogP contribution in [0, 0.1) is 11.8 Å². The summed E-state index contributed by atoms with van der Waals surface area (Å²) in [6, 6.07) is 0.511. The molecule has 1 saturated carbocycles. The minimum Gasteiger partial charge on any atom is -0.383 e. The fourth-order valence-electron chi connectivity index (χ4n) is 3.30. The van der Waals surface area contributed by atoms with Crippen molar-refractivity contribution in [3.05, 3.63) is 11.9 Å². The summed E-state index contributed by atoms with van der Waals surface area (Å²) in [6.07, 6.45) is 5.36. The number of hydrogen-bond donors (Lipinski definition) is 2. The summed E-state index contributed by atoms with van der Waals surface area (Å²) in [4.78, 5) is 8.52. The lowest BCUT2D eigenvalue weighted by atomic mass is 9.93. The normalized spacial score (nSPS) is 26.9. The second-order valence-electron chi connectivity index (χ2n) is 6.03. The highest BCUT2D eigenvalue weighted by Crippen LogP contribution is 2.37. The molecule has 2 rings (SSSR count). The molecule has 3 unspecified atom stereocenters. The van der Waals surface area contributed by atoms with Gasteiger partial charge in [-0.15, -0.1) is 0 Å². The van der Waals surface area contributed by atoms with Crippen LogP contribution in [0.15, 0.2) is 6.33 Å². The lowest BCUT2D eigenvalue weighted by molar-refractivity contribution is 0.391. The summed E-state index contributed by atoms with van der Waals surface area (Å²) in [5.74, 6) is 3.39. The van der Waals surface area contributed by atoms with Gasteiger partial charge in [-0.2, -0.15) is 0 Å². The molecule has 0 spiro atoms. The van der Waals surface area contributed by atoms with Crippen LogP contribution in [0.25, 0.3) is 0 Å². The lowest BCUT2D eigenvalue weighted by Crippen LogP contribution is -2.26. The number of hydrogen-bond acceptors (Lipinski definition) is 4. The van der Waals surface area contributed by atoms with Crippen molar-refractivity contribution in [2.45, 2.75) is 58.9 Å². The zero-order valence-electron chi connectivity index (χ0n) is 12.5. The molecule has 0 amide bonds. The summed E-state index contributed by atoms with van der Waals surface area (Å²) in [7, 11) is 0. The molecule has 3 atom stereocenters. The van der Waals surface area contributed by atoms with Crippen LogP contribution < -0.4 is 11.1 Å². The molecular formula is C15H26N4. The predicted molar refractivity (Wildman–Crippen MR) is 80.1 cm³/mol. The summed E-state index contributed by atoms with van der Waals surface area (Å²) in [6.45, 7) is 8.89. The average Bonchev–Trinajstić information content (AvgIpc) is 2.70. The molecule has 1 heterocycles. The van der Waals surface area contributed by atoms with E-state index in [-0.39, 0.29) is 0 Å². The maximum atomic E-state index is 5.99. The molecule has 4 nitrogen and oxygen atoms in total. The highest BCUT2D eigenvalue weighted by atomic mass is 15.1. The number of aromatic nitrogens is 2. The Balaban J connectivity index is 2.18. The number of rotatable bonds is 4. The number of nitrogens with zero attached hydrogens (tertiary/aromatic N) is 2. The van der Waals surface area contributed by atoms with Crippen LogP contribution in [0.3, 0.4) is 0 Å². The van der Waals surface area contributed by atoms with Gasteiger partial charge in [0.25, 0.3) is 0 Å². The quantitative estimate of drug-likeness (QED) is 0.872. The van der Waals surface area contributed by atoms with Crippen molar-refractivity contribution in [3.63, 3.8) is 0 Å². The molecule has 0 radical (unpaired) electrons. The third-order valence-corrected chi connectivity index (χ3v) is 4.57. The molecule has 0 aromatic carbocycles. The van der Waals surface area contributed by atoms with Crippen LogP contribution >= 0.6 is 0 Å². The molecule has 0 saturated heterocycles. The van der Waals surface area contributed by atoms with E-state index in [9.17, 15) is 0 Å². The predicted octanol–water partition coefficient (Wildman–Crippen LogP) is 3.42. The van der Waals surface area contributed by atoms with Crippen molar-refractivity contribution in [1.82, 2.24) is 9.97 Å². The molecule has 0 aliphatic heterocycles. The van der Waals surface area contributed by atoms with Gasteiger partial charge in [-0.25, -0.2) is 9.97 Å². The third-order valence-electron chi connectivity index (χ3n) is 4.57. The molecule has 1 aromatic heterocycles. The van der Waals surface area contributed by atoms with Crippen LogP contribution in [-0.4, -0.2) is 16.0 Å². The number of anilines is 2. The van der Waals surface area contributed by atoms with Crippen molar-refractivity contribution in [3.8, 4) is 0 Å². The molecule has 1 aromatic rings. The van der Waals surface area contributed by atoms with Gasteiger partial charge >= 0.3 is 0 Å². The van der Waals surface area contributed by atoms with E-state index >= 15 is 0 Å². The minimum atomic E-state index is 0.336. The van der Waals surface area contributed by atoms with Gasteiger partial charge in [0.15, 0.2) is 0 Å². The Morgan fingerprint density at radius 1 is 1.37 bits per heavy atom. The Morgan fingerprint density at radius 2 is 2.11 bits per heavy atom. The Labute approximate surface area is 116 Å². The Bertz CT molecular complexity index is 430. The third kappa shape index (κ3) is 2.82. The average molecular weight is 262 g/mol. The molecular weight excluding hydrogens is 236 g/mol. The van der Waals surface area contributed by atoms with Crippen LogP contribution in [0.4, 0.5) is 11.6 Å². The molecule has 106 valence electrons. The summed E-state index contributed by atoms with van der Waals surface area (Å²) < 4.78 is 0. The van der Waals surface area contributed by atoms with E-state index in [1.807, 2.05) is 0 Å². The van der Waals surface area contributed by atoms with E-state index in [0.717, 1.165) is 17.3 Å². The smallest absolute Gasteiger partial charge is 0.135 e. The van der Waals surface area contributed by atoms with Gasteiger partial charge in [0, 0.05) is 11.6 Å². The first-order valence-corrected chi connectivity index (χ1v) is 7.41. The molecule has 4 heteroatoms. The minimum absolute atomic E-state index is 0.336. The summed E-state index contributed by atoms with van der Waals surface area (Å²) in [5.41, 5.74) is 7.04. The Hall–Kier alpha value is -1.32. The van der Waals surface area contributed by atoms with Gasteiger partial charge in [0.1, 0.15) is 18.0 Å². The first-order valence-electron chi connectivity index (χ1n) is 7.41. The monoisotopic (exact) mass is 262 g/mol. The Kier molecular flexibility index (Phi) is 4.27. The molecule has 19 heavy (non-hydrogen) atoms. The van der Waals surface area contributed by atoms with Crippen molar-refractivity contribution >= 4 is 11.6 Å². The fraction of sp³-hybridized carbons (Fsp3) is 0.733. The molecule has 0 bridgehead atoms. The van der Waals surface area contributed by atoms with E-state index in [1.165, 1.54) is 19.3 Å². The van der Waals surface area contributed by atoms with E-state index in [0.29, 0.717) is 23.7 Å². The van der Waals surface area contributed by atoms with Gasteiger partial charge in [-0.05, 0) is 30.6 Å². The van der Waals surface area contributed by atoms with Crippen molar-refractivity contribution < 1.29 is 0 Å². The fourth-order valence-corrected chi connectivity index (χ4v) is 3.30. The van der Waals surface area contributed by atoms with Gasteiger partial charge < -0.3 is 11.1 Å².